The van der Waals surface area contributed by atoms with Crippen LogP contribution in [0, 0.1) is 5.82 Å². The predicted octanol–water partition coefficient (Wildman–Crippen LogP) is 1.56. The zero-order chi connectivity index (χ0) is 24.6. The molecule has 0 saturated heterocycles. The van der Waals surface area contributed by atoms with Gasteiger partial charge < -0.3 is 0 Å². The van der Waals surface area contributed by atoms with E-state index in [4.69, 9.17) is 12.5 Å². The summed E-state index contributed by atoms with van der Waals surface area (Å²) in [6.45, 7) is 0.288. The molecule has 3 N–H and O–H groups in total. The molecule has 0 unspecified atom stereocenters. The summed E-state index contributed by atoms with van der Waals surface area (Å²) in [5, 5.41) is 6.36. The Morgan fingerprint density at radius 2 is 2.06 bits per heavy atom. The summed E-state index contributed by atoms with van der Waals surface area (Å²) in [7, 11) is 1.41. The van der Waals surface area contributed by atoms with Crippen molar-refractivity contribution >= 4 is 17.3 Å². The zero-order valence-corrected chi connectivity index (χ0v) is 21.3. The molecule has 0 spiro atoms. The van der Waals surface area contributed by atoms with Gasteiger partial charge in [-0.05, 0) is 0 Å². The number of benzene rings is 2. The average Bonchev–Trinajstić information content (AvgIpc) is 3.25. The second kappa shape index (κ2) is 9.34. The van der Waals surface area contributed by atoms with E-state index in [0.717, 1.165) is 17.0 Å². The van der Waals surface area contributed by atoms with Gasteiger partial charge in [0, 0.05) is 0 Å². The van der Waals surface area contributed by atoms with E-state index in [-0.39, 0.29) is 22.3 Å². The fourth-order valence-electron chi connectivity index (χ4n) is 4.39. The van der Waals surface area contributed by atoms with Crippen LogP contribution in [0.15, 0.2) is 60.9 Å². The van der Waals surface area contributed by atoms with Crippen LogP contribution >= 0.6 is 0 Å². The molecule has 4 aromatic rings. The summed E-state index contributed by atoms with van der Waals surface area (Å²) in [4.78, 5) is 21.1. The molecule has 0 saturated carbocycles. The van der Waals surface area contributed by atoms with E-state index in [9.17, 15) is 9.18 Å². The number of anilines is 2. The summed E-state index contributed by atoms with van der Waals surface area (Å²) in [6.07, 6.45) is 3.88. The Bertz CT molecular complexity index is 1470. The van der Waals surface area contributed by atoms with Crippen molar-refractivity contribution in [2.75, 3.05) is 12.4 Å². The first-order chi connectivity index (χ1) is 17.6. The number of halogens is 2. The number of carbonyl (C=O) groups excluding carboxylic acids is 1. The standard InChI is InChI=1S/C26H21FIN4O4/c1-34-25-16(27)6-4-7-17(25)30-24-22-18-11-21(32-26(22)33)28-36-19-8-3-2-5-14(19)13-35-20-12-29-10-9-15(20)23(24)31-18/h2-10,12,21,30-31H,11,13H2,1H3,(H,32,33)/q-1/t21-/m1/s1. The number of nitrogens with zero attached hydrogens (tertiary/aromatic N) is 1. The number of H-pyrrole nitrogens is 1. The first-order valence-corrected chi connectivity index (χ1v) is 13.4. The van der Waals surface area contributed by atoms with Gasteiger partial charge in [-0.1, -0.05) is 0 Å². The molecule has 2 aliphatic rings. The Hall–Kier alpha value is -3.80. The van der Waals surface area contributed by atoms with Crippen LogP contribution < -0.4 is 44.8 Å². The van der Waals surface area contributed by atoms with Gasteiger partial charge in [0.25, 0.3) is 0 Å². The van der Waals surface area contributed by atoms with E-state index in [1.165, 1.54) is 13.2 Å². The number of rotatable bonds is 3. The molecule has 4 heterocycles. The molecule has 3 bridgehead atoms. The molecule has 1 amide bonds. The van der Waals surface area contributed by atoms with Gasteiger partial charge in [-0.2, -0.15) is 0 Å². The van der Waals surface area contributed by atoms with Crippen molar-refractivity contribution in [3.8, 4) is 28.5 Å². The molecule has 2 aromatic heterocycles. The van der Waals surface area contributed by atoms with Crippen LogP contribution in [-0.2, 0) is 13.0 Å². The fraction of sp³-hybridized carbons (Fsp3) is 0.154. The van der Waals surface area contributed by atoms with E-state index in [1.807, 2.05) is 30.3 Å². The van der Waals surface area contributed by atoms with Crippen molar-refractivity contribution in [1.82, 2.24) is 15.3 Å². The van der Waals surface area contributed by atoms with Crippen molar-refractivity contribution in [2.45, 2.75) is 17.1 Å². The number of alkyl halides is 1. The summed E-state index contributed by atoms with van der Waals surface area (Å²) in [5.41, 5.74) is 4.42. The number of methoxy groups -OCH3 is 1. The van der Waals surface area contributed by atoms with Gasteiger partial charge in [-0.3, -0.25) is 0 Å². The van der Waals surface area contributed by atoms with Gasteiger partial charge >= 0.3 is 217 Å². The van der Waals surface area contributed by atoms with Crippen molar-refractivity contribution in [1.29, 1.82) is 0 Å². The van der Waals surface area contributed by atoms with Crippen molar-refractivity contribution in [3.05, 3.63) is 83.6 Å². The molecule has 184 valence electrons. The molecule has 2 aliphatic heterocycles. The number of aromatic nitrogens is 2. The molecular weight excluding hydrogens is 578 g/mol. The second-order valence-electron chi connectivity index (χ2n) is 8.25. The maximum absolute atomic E-state index is 14.5. The van der Waals surface area contributed by atoms with Gasteiger partial charge in [0.2, 0.25) is 0 Å². The quantitative estimate of drug-likeness (QED) is 0.188. The van der Waals surface area contributed by atoms with E-state index >= 15 is 0 Å². The molecule has 0 aliphatic carbocycles. The molecule has 10 heteroatoms. The van der Waals surface area contributed by atoms with Crippen LogP contribution in [0.2, 0.25) is 0 Å². The summed E-state index contributed by atoms with van der Waals surface area (Å²) < 4.78 is 32.0. The van der Waals surface area contributed by atoms with Gasteiger partial charge in [0.15, 0.2) is 0 Å². The number of pyridine rings is 1. The van der Waals surface area contributed by atoms with E-state index < -0.39 is 27.4 Å². The van der Waals surface area contributed by atoms with Gasteiger partial charge in [-0.25, -0.2) is 0 Å². The molecule has 2 aromatic carbocycles. The number of fused-ring (bicyclic) bond motifs is 5. The van der Waals surface area contributed by atoms with Crippen LogP contribution in [-0.4, -0.2) is 27.0 Å². The minimum absolute atomic E-state index is 0.0592. The Labute approximate surface area is 217 Å². The van der Waals surface area contributed by atoms with Gasteiger partial charge in [-0.15, -0.1) is 0 Å². The van der Waals surface area contributed by atoms with E-state index in [0.29, 0.717) is 40.4 Å². The van der Waals surface area contributed by atoms with Gasteiger partial charge in [0.1, 0.15) is 0 Å². The van der Waals surface area contributed by atoms with Crippen LogP contribution in [0.5, 0.6) is 17.2 Å². The van der Waals surface area contributed by atoms with E-state index in [2.05, 4.69) is 20.6 Å². The third kappa shape index (κ3) is 4.00. The topological polar surface area (TPSA) is 97.5 Å². The monoisotopic (exact) mass is 599 g/mol. The van der Waals surface area contributed by atoms with Crippen LogP contribution in [0.4, 0.5) is 15.8 Å². The van der Waals surface area contributed by atoms with Crippen molar-refractivity contribution in [2.24, 2.45) is 0 Å². The molecule has 0 radical (unpaired) electrons. The molecule has 6 rings (SSSR count). The minimum atomic E-state index is -0.867. The normalized spacial score (nSPS) is 16.4. The SMILES string of the molecule is COc1c(F)cccc1Nc1c2[nH]c3c1C(=O)N[C@H](C3)[I-]Oc1ccccc1COc1cnccc1-2. The summed E-state index contributed by atoms with van der Waals surface area (Å²) in [6, 6.07) is 14.2. The maximum atomic E-state index is 14.5. The number of ether oxygens (including phenoxy) is 2. The molecule has 8 nitrogen and oxygen atoms in total. The van der Waals surface area contributed by atoms with E-state index in [1.54, 1.807) is 24.5 Å². The number of amides is 1. The summed E-state index contributed by atoms with van der Waals surface area (Å²) in [5.74, 6) is 0.609. The molecule has 1 atom stereocenters. The average molecular weight is 599 g/mol. The van der Waals surface area contributed by atoms with Crippen molar-refractivity contribution in [3.63, 3.8) is 0 Å². The Morgan fingerprint density at radius 1 is 1.17 bits per heavy atom. The van der Waals surface area contributed by atoms with Crippen LogP contribution in [0.3, 0.4) is 0 Å². The number of nitrogens with one attached hydrogen (secondary N) is 3. The zero-order valence-electron chi connectivity index (χ0n) is 19.1. The van der Waals surface area contributed by atoms with Gasteiger partial charge in [0.05, 0.1) is 0 Å². The molecule has 36 heavy (non-hydrogen) atoms. The molecule has 0 fully saturated rings. The van der Waals surface area contributed by atoms with Crippen LogP contribution in [0.25, 0.3) is 11.3 Å². The third-order valence-corrected chi connectivity index (χ3v) is 8.15. The third-order valence-electron chi connectivity index (χ3n) is 6.05. The Morgan fingerprint density at radius 3 is 2.94 bits per heavy atom. The molecular formula is C26H21FIN4O4-. The number of hydrogen-bond donors (Lipinski definition) is 3. The number of hydrogen-bond acceptors (Lipinski definition) is 6. The predicted molar refractivity (Wildman–Crippen MR) is 127 cm³/mol. The van der Waals surface area contributed by atoms with Crippen LogP contribution in [0.1, 0.15) is 21.6 Å². The number of aromatic amines is 1. The number of carbonyl (C=O) groups is 1. The first-order valence-electron chi connectivity index (χ1n) is 11.2. The second-order valence-corrected chi connectivity index (χ2v) is 10.7. The Kier molecular flexibility index (Phi) is 5.88. The fourth-order valence-corrected chi connectivity index (χ4v) is 6.43. The number of para-hydroxylation sites is 2. The first kappa shape index (κ1) is 22.7. The summed E-state index contributed by atoms with van der Waals surface area (Å²) >= 11 is -0.867. The van der Waals surface area contributed by atoms with Crippen molar-refractivity contribution < 1.29 is 43.3 Å². The Balaban J connectivity index is 1.53.